The van der Waals surface area contributed by atoms with Gasteiger partial charge in [-0.25, -0.2) is 0 Å². The van der Waals surface area contributed by atoms with Gasteiger partial charge in [-0.1, -0.05) is 30.3 Å². The van der Waals surface area contributed by atoms with E-state index in [9.17, 15) is 9.59 Å². The zero-order chi connectivity index (χ0) is 23.2. The van der Waals surface area contributed by atoms with Crippen LogP contribution >= 0.6 is 0 Å². The fourth-order valence-corrected chi connectivity index (χ4v) is 3.65. The Kier molecular flexibility index (Phi) is 6.59. The van der Waals surface area contributed by atoms with Gasteiger partial charge in [0.05, 0.1) is 20.6 Å². The molecular formula is C26H25N3O4. The number of carbonyl (C=O) groups is 2. The van der Waals surface area contributed by atoms with Crippen LogP contribution in [0.25, 0.3) is 10.9 Å². The largest absolute Gasteiger partial charge is 0.497 e. The minimum atomic E-state index is -0.879. The molecule has 0 spiro atoms. The summed E-state index contributed by atoms with van der Waals surface area (Å²) >= 11 is 0. The molecule has 0 aliphatic carbocycles. The fraction of sp³-hybridized carbons (Fsp3) is 0.154. The van der Waals surface area contributed by atoms with E-state index in [2.05, 4.69) is 15.6 Å². The second-order valence-electron chi connectivity index (χ2n) is 7.53. The number of amides is 2. The van der Waals surface area contributed by atoms with Gasteiger partial charge in [0.1, 0.15) is 17.5 Å². The van der Waals surface area contributed by atoms with Crippen LogP contribution in [0, 0.1) is 0 Å². The first-order valence-corrected chi connectivity index (χ1v) is 10.5. The molecule has 0 aliphatic rings. The summed E-state index contributed by atoms with van der Waals surface area (Å²) in [6.45, 7) is 0. The first kappa shape index (κ1) is 22.0. The van der Waals surface area contributed by atoms with Crippen molar-refractivity contribution in [2.45, 2.75) is 12.5 Å². The number of carbonyl (C=O) groups excluding carboxylic acids is 2. The lowest BCUT2D eigenvalue weighted by Gasteiger charge is -2.19. The van der Waals surface area contributed by atoms with E-state index >= 15 is 0 Å². The Balaban J connectivity index is 1.54. The number of fused-ring (bicyclic) bond motifs is 1. The quantitative estimate of drug-likeness (QED) is 0.380. The summed E-state index contributed by atoms with van der Waals surface area (Å²) < 4.78 is 10.4. The Bertz CT molecular complexity index is 1250. The van der Waals surface area contributed by atoms with Crippen LogP contribution in [0.4, 0.5) is 5.69 Å². The van der Waals surface area contributed by atoms with E-state index in [1.807, 2.05) is 30.5 Å². The number of aromatic amines is 1. The number of hydrogen-bond acceptors (Lipinski definition) is 4. The van der Waals surface area contributed by atoms with Crippen molar-refractivity contribution in [2.24, 2.45) is 0 Å². The van der Waals surface area contributed by atoms with E-state index in [1.165, 1.54) is 0 Å². The van der Waals surface area contributed by atoms with E-state index in [0.29, 0.717) is 22.7 Å². The standard InChI is InChI=1S/C26H25N3O4/c1-32-20-11-7-17(8-12-20)25(26(31)28-19-9-13-21(33-2)14-10-19)29-24(30)15-18-16-27-23-6-4-3-5-22(18)23/h3-14,16,25,27H,15H2,1-2H3,(H,28,31)(H,29,30). The molecule has 0 bridgehead atoms. The third-order valence-electron chi connectivity index (χ3n) is 5.40. The van der Waals surface area contributed by atoms with Gasteiger partial charge in [0, 0.05) is 22.8 Å². The van der Waals surface area contributed by atoms with Crippen molar-refractivity contribution in [1.82, 2.24) is 10.3 Å². The van der Waals surface area contributed by atoms with Crippen molar-refractivity contribution in [3.05, 3.63) is 90.1 Å². The van der Waals surface area contributed by atoms with E-state index in [-0.39, 0.29) is 18.2 Å². The number of anilines is 1. The van der Waals surface area contributed by atoms with Crippen molar-refractivity contribution in [3.8, 4) is 11.5 Å². The van der Waals surface area contributed by atoms with Crippen molar-refractivity contribution in [3.63, 3.8) is 0 Å². The fourth-order valence-electron chi connectivity index (χ4n) is 3.65. The number of aromatic nitrogens is 1. The van der Waals surface area contributed by atoms with Crippen LogP contribution < -0.4 is 20.1 Å². The van der Waals surface area contributed by atoms with Gasteiger partial charge < -0.3 is 25.1 Å². The highest BCUT2D eigenvalue weighted by Crippen LogP contribution is 2.22. The zero-order valence-electron chi connectivity index (χ0n) is 18.4. The SMILES string of the molecule is COc1ccc(NC(=O)C(NC(=O)Cc2c[nH]c3ccccc23)c2ccc(OC)cc2)cc1. The maximum Gasteiger partial charge on any atom is 0.251 e. The van der Waals surface area contributed by atoms with Crippen molar-refractivity contribution in [2.75, 3.05) is 19.5 Å². The lowest BCUT2D eigenvalue weighted by molar-refractivity contribution is -0.126. The number of H-pyrrole nitrogens is 1. The summed E-state index contributed by atoms with van der Waals surface area (Å²) in [7, 11) is 3.16. The smallest absolute Gasteiger partial charge is 0.251 e. The molecule has 1 atom stereocenters. The second kappa shape index (κ2) is 9.91. The van der Waals surface area contributed by atoms with Gasteiger partial charge in [-0.2, -0.15) is 0 Å². The number of methoxy groups -OCH3 is 2. The number of nitrogens with one attached hydrogen (secondary N) is 3. The van der Waals surface area contributed by atoms with Gasteiger partial charge in [0.2, 0.25) is 5.91 Å². The van der Waals surface area contributed by atoms with Gasteiger partial charge in [-0.15, -0.1) is 0 Å². The highest BCUT2D eigenvalue weighted by molar-refractivity contribution is 5.98. The summed E-state index contributed by atoms with van der Waals surface area (Å²) in [6.07, 6.45) is 1.97. The van der Waals surface area contributed by atoms with Crippen LogP contribution in [-0.2, 0) is 16.0 Å². The highest BCUT2D eigenvalue weighted by Gasteiger charge is 2.24. The van der Waals surface area contributed by atoms with Crippen LogP contribution in [0.3, 0.4) is 0 Å². The third kappa shape index (κ3) is 5.15. The Morgan fingerprint density at radius 3 is 2.18 bits per heavy atom. The van der Waals surface area contributed by atoms with Crippen LogP contribution in [-0.4, -0.2) is 31.0 Å². The predicted molar refractivity (Wildman–Crippen MR) is 128 cm³/mol. The Morgan fingerprint density at radius 1 is 0.879 bits per heavy atom. The molecule has 0 saturated heterocycles. The highest BCUT2D eigenvalue weighted by atomic mass is 16.5. The van der Waals surface area contributed by atoms with E-state index in [0.717, 1.165) is 16.5 Å². The van der Waals surface area contributed by atoms with E-state index in [4.69, 9.17) is 9.47 Å². The lowest BCUT2D eigenvalue weighted by Crippen LogP contribution is -2.37. The summed E-state index contributed by atoms with van der Waals surface area (Å²) in [4.78, 5) is 29.3. The molecule has 0 fully saturated rings. The molecule has 3 N–H and O–H groups in total. The van der Waals surface area contributed by atoms with Crippen molar-refractivity contribution in [1.29, 1.82) is 0 Å². The first-order valence-electron chi connectivity index (χ1n) is 10.5. The molecule has 1 unspecified atom stereocenters. The number of para-hydroxylation sites is 1. The summed E-state index contributed by atoms with van der Waals surface area (Å²) in [6, 6.07) is 21.0. The van der Waals surface area contributed by atoms with Crippen LogP contribution in [0.5, 0.6) is 11.5 Å². The minimum absolute atomic E-state index is 0.145. The monoisotopic (exact) mass is 443 g/mol. The topological polar surface area (TPSA) is 92.5 Å². The van der Waals surface area contributed by atoms with E-state index < -0.39 is 6.04 Å². The number of rotatable bonds is 8. The summed E-state index contributed by atoms with van der Waals surface area (Å²) in [5, 5.41) is 6.74. The molecule has 0 saturated carbocycles. The molecule has 3 aromatic carbocycles. The van der Waals surface area contributed by atoms with Crippen molar-refractivity contribution >= 4 is 28.4 Å². The van der Waals surface area contributed by atoms with Crippen LogP contribution in [0.1, 0.15) is 17.2 Å². The predicted octanol–water partition coefficient (Wildman–Crippen LogP) is 4.22. The number of benzene rings is 3. The molecular weight excluding hydrogens is 418 g/mol. The third-order valence-corrected chi connectivity index (χ3v) is 5.40. The molecule has 168 valence electrons. The minimum Gasteiger partial charge on any atom is -0.497 e. The van der Waals surface area contributed by atoms with Crippen LogP contribution in [0.2, 0.25) is 0 Å². The van der Waals surface area contributed by atoms with Gasteiger partial charge in [0.25, 0.3) is 5.91 Å². The molecule has 0 radical (unpaired) electrons. The first-order chi connectivity index (χ1) is 16.1. The van der Waals surface area contributed by atoms with E-state index in [1.54, 1.807) is 62.8 Å². The van der Waals surface area contributed by atoms with Crippen molar-refractivity contribution < 1.29 is 19.1 Å². The summed E-state index contributed by atoms with van der Waals surface area (Å²) in [5.41, 5.74) is 3.08. The van der Waals surface area contributed by atoms with Gasteiger partial charge in [-0.3, -0.25) is 9.59 Å². The Hall–Kier alpha value is -4.26. The molecule has 0 aliphatic heterocycles. The molecule has 1 aromatic heterocycles. The molecule has 1 heterocycles. The van der Waals surface area contributed by atoms with Gasteiger partial charge >= 0.3 is 0 Å². The molecule has 7 heteroatoms. The average molecular weight is 444 g/mol. The molecule has 33 heavy (non-hydrogen) atoms. The maximum absolute atomic E-state index is 13.2. The number of hydrogen-bond donors (Lipinski definition) is 3. The second-order valence-corrected chi connectivity index (χ2v) is 7.53. The maximum atomic E-state index is 13.2. The normalized spacial score (nSPS) is 11.6. The lowest BCUT2D eigenvalue weighted by atomic mass is 10.0. The molecule has 7 nitrogen and oxygen atoms in total. The summed E-state index contributed by atoms with van der Waals surface area (Å²) in [5.74, 6) is 0.743. The zero-order valence-corrected chi connectivity index (χ0v) is 18.4. The Morgan fingerprint density at radius 2 is 1.52 bits per heavy atom. The molecule has 4 aromatic rings. The Labute approximate surface area is 191 Å². The molecule has 2 amide bonds. The van der Waals surface area contributed by atoms with Gasteiger partial charge in [0.15, 0.2) is 0 Å². The van der Waals surface area contributed by atoms with Crippen LogP contribution in [0.15, 0.2) is 79.0 Å². The average Bonchev–Trinajstić information content (AvgIpc) is 3.25. The van der Waals surface area contributed by atoms with Gasteiger partial charge in [-0.05, 0) is 53.6 Å². The molecule has 4 rings (SSSR count). The number of ether oxygens (including phenoxy) is 2.